The van der Waals surface area contributed by atoms with E-state index in [-0.39, 0.29) is 12.5 Å². The second kappa shape index (κ2) is 7.29. The molecule has 1 amide bonds. The lowest BCUT2D eigenvalue weighted by molar-refractivity contribution is -0.131. The number of tetrazole rings is 1. The molecule has 2 heterocycles. The molecular formula is C15H13Cl2N5OS. The molecule has 3 rings (SSSR count). The number of hydrogen-bond acceptors (Lipinski definition) is 5. The minimum absolute atomic E-state index is 0.0170. The molecule has 0 saturated heterocycles. The zero-order valence-electron chi connectivity index (χ0n) is 12.7. The zero-order valence-corrected chi connectivity index (χ0v) is 15.0. The van der Waals surface area contributed by atoms with Gasteiger partial charge in [0, 0.05) is 22.5 Å². The summed E-state index contributed by atoms with van der Waals surface area (Å²) in [6.07, 6.45) is 0. The molecule has 24 heavy (non-hydrogen) atoms. The number of amides is 1. The van der Waals surface area contributed by atoms with Gasteiger partial charge in [0.1, 0.15) is 6.54 Å². The summed E-state index contributed by atoms with van der Waals surface area (Å²) in [6.45, 7) is 0.509. The molecule has 0 fully saturated rings. The van der Waals surface area contributed by atoms with Crippen molar-refractivity contribution in [3.05, 3.63) is 50.6 Å². The average molecular weight is 382 g/mol. The molecule has 0 aliphatic rings. The summed E-state index contributed by atoms with van der Waals surface area (Å²) in [5.74, 6) is 0.313. The van der Waals surface area contributed by atoms with Crippen LogP contribution >= 0.6 is 34.5 Å². The summed E-state index contributed by atoms with van der Waals surface area (Å²) >= 11 is 13.3. The molecule has 2 aromatic heterocycles. The minimum Gasteiger partial charge on any atom is -0.339 e. The largest absolute Gasteiger partial charge is 0.339 e. The van der Waals surface area contributed by atoms with E-state index in [1.165, 1.54) is 16.1 Å². The van der Waals surface area contributed by atoms with Gasteiger partial charge in [0.2, 0.25) is 11.7 Å². The summed E-state index contributed by atoms with van der Waals surface area (Å²) in [5, 5.41) is 12.7. The van der Waals surface area contributed by atoms with E-state index in [2.05, 4.69) is 15.4 Å². The predicted molar refractivity (Wildman–Crippen MR) is 94.1 cm³/mol. The first-order valence-corrected chi connectivity index (χ1v) is 8.60. The van der Waals surface area contributed by atoms with E-state index in [0.29, 0.717) is 21.7 Å². The van der Waals surface area contributed by atoms with Gasteiger partial charge in [-0.05, 0) is 29.5 Å². The highest BCUT2D eigenvalue weighted by atomic mass is 35.5. The van der Waals surface area contributed by atoms with Gasteiger partial charge in [-0.2, -0.15) is 4.80 Å². The molecule has 0 saturated carbocycles. The van der Waals surface area contributed by atoms with Gasteiger partial charge in [-0.25, -0.2) is 0 Å². The molecule has 9 heteroatoms. The van der Waals surface area contributed by atoms with Crippen LogP contribution in [-0.2, 0) is 17.9 Å². The van der Waals surface area contributed by atoms with Gasteiger partial charge in [0.15, 0.2) is 0 Å². The first-order chi connectivity index (χ1) is 11.5. The number of likely N-dealkylation sites (N-methyl/N-ethyl adjacent to an activating group) is 1. The first-order valence-electron chi connectivity index (χ1n) is 7.03. The highest BCUT2D eigenvalue weighted by molar-refractivity contribution is 7.16. The Morgan fingerprint density at radius 3 is 2.83 bits per heavy atom. The normalized spacial score (nSPS) is 10.8. The topological polar surface area (TPSA) is 63.9 Å². The van der Waals surface area contributed by atoms with E-state index in [0.717, 1.165) is 10.4 Å². The van der Waals surface area contributed by atoms with E-state index in [1.807, 2.05) is 24.3 Å². The highest BCUT2D eigenvalue weighted by Crippen LogP contribution is 2.22. The van der Waals surface area contributed by atoms with Crippen LogP contribution in [-0.4, -0.2) is 38.1 Å². The van der Waals surface area contributed by atoms with Crippen molar-refractivity contribution in [1.82, 2.24) is 25.1 Å². The summed E-state index contributed by atoms with van der Waals surface area (Å²) < 4.78 is 0.704. The monoisotopic (exact) mass is 381 g/mol. The molecule has 0 atom stereocenters. The second-order valence-corrected chi connectivity index (χ2v) is 7.35. The van der Waals surface area contributed by atoms with Crippen molar-refractivity contribution in [2.24, 2.45) is 0 Å². The van der Waals surface area contributed by atoms with Crippen LogP contribution in [0.4, 0.5) is 0 Å². The van der Waals surface area contributed by atoms with Crippen LogP contribution in [0.25, 0.3) is 11.4 Å². The van der Waals surface area contributed by atoms with Crippen molar-refractivity contribution < 1.29 is 4.79 Å². The number of carbonyl (C=O) groups is 1. The maximum Gasteiger partial charge on any atom is 0.246 e. The number of hydrogen-bond donors (Lipinski definition) is 0. The van der Waals surface area contributed by atoms with Gasteiger partial charge in [0.05, 0.1) is 10.9 Å². The van der Waals surface area contributed by atoms with Crippen molar-refractivity contribution in [3.63, 3.8) is 0 Å². The Balaban J connectivity index is 1.64. The van der Waals surface area contributed by atoms with Gasteiger partial charge in [-0.15, -0.1) is 21.5 Å². The molecule has 0 N–H and O–H groups in total. The van der Waals surface area contributed by atoms with Gasteiger partial charge >= 0.3 is 0 Å². The van der Waals surface area contributed by atoms with Crippen LogP contribution in [0.2, 0.25) is 9.36 Å². The number of thiophene rings is 1. The second-order valence-electron chi connectivity index (χ2n) is 5.11. The molecule has 0 aliphatic carbocycles. The summed E-state index contributed by atoms with van der Waals surface area (Å²) in [4.78, 5) is 16.2. The lowest BCUT2D eigenvalue weighted by Gasteiger charge is -2.15. The van der Waals surface area contributed by atoms with Crippen LogP contribution in [0.5, 0.6) is 0 Å². The van der Waals surface area contributed by atoms with Crippen LogP contribution in [0.1, 0.15) is 4.88 Å². The van der Waals surface area contributed by atoms with E-state index < -0.39 is 0 Å². The Morgan fingerprint density at radius 1 is 1.29 bits per heavy atom. The third-order valence-corrected chi connectivity index (χ3v) is 4.71. The first kappa shape index (κ1) is 16.9. The van der Waals surface area contributed by atoms with Crippen molar-refractivity contribution in [3.8, 4) is 11.4 Å². The predicted octanol–water partition coefficient (Wildman–Crippen LogP) is 3.37. The Bertz CT molecular complexity index is 863. The number of benzene rings is 1. The number of rotatable bonds is 5. The number of aromatic nitrogens is 4. The van der Waals surface area contributed by atoms with Gasteiger partial charge in [-0.1, -0.05) is 35.3 Å². The van der Waals surface area contributed by atoms with Gasteiger partial charge in [-0.3, -0.25) is 4.79 Å². The van der Waals surface area contributed by atoms with Gasteiger partial charge < -0.3 is 4.90 Å². The molecule has 0 aliphatic heterocycles. The SMILES string of the molecule is CN(Cc1ccc(Cl)s1)C(=O)Cn1nnc(-c2cccc(Cl)c2)n1. The molecule has 3 aromatic rings. The smallest absolute Gasteiger partial charge is 0.246 e. The maximum atomic E-state index is 12.3. The van der Waals surface area contributed by atoms with Crippen molar-refractivity contribution >= 4 is 40.4 Å². The lowest BCUT2D eigenvalue weighted by Crippen LogP contribution is -2.30. The molecule has 0 radical (unpaired) electrons. The zero-order chi connectivity index (χ0) is 17.1. The van der Waals surface area contributed by atoms with E-state index in [4.69, 9.17) is 23.2 Å². The Labute approximate surface area is 152 Å². The van der Waals surface area contributed by atoms with Crippen LogP contribution in [0.3, 0.4) is 0 Å². The van der Waals surface area contributed by atoms with E-state index in [1.54, 1.807) is 24.1 Å². The molecule has 6 nitrogen and oxygen atoms in total. The third kappa shape index (κ3) is 4.11. The lowest BCUT2D eigenvalue weighted by atomic mass is 10.2. The Morgan fingerprint density at radius 2 is 2.12 bits per heavy atom. The van der Waals surface area contributed by atoms with Crippen molar-refractivity contribution in [2.75, 3.05) is 7.05 Å². The van der Waals surface area contributed by atoms with E-state index in [9.17, 15) is 4.79 Å². The minimum atomic E-state index is -0.116. The fourth-order valence-electron chi connectivity index (χ4n) is 2.05. The van der Waals surface area contributed by atoms with E-state index >= 15 is 0 Å². The van der Waals surface area contributed by atoms with Crippen LogP contribution in [0, 0.1) is 0 Å². The number of carbonyl (C=O) groups excluding carboxylic acids is 1. The quantitative estimate of drug-likeness (QED) is 0.679. The standard InChI is InChI=1S/C15H13Cl2N5OS/c1-21(8-12-5-6-13(17)24-12)14(23)9-22-19-15(18-20-22)10-3-2-4-11(16)7-10/h2-7H,8-9H2,1H3. The average Bonchev–Trinajstić information content (AvgIpc) is 3.16. The Kier molecular flexibility index (Phi) is 5.13. The van der Waals surface area contributed by atoms with Crippen LogP contribution < -0.4 is 0 Å². The summed E-state index contributed by atoms with van der Waals surface area (Å²) in [7, 11) is 1.73. The van der Waals surface area contributed by atoms with Crippen molar-refractivity contribution in [2.45, 2.75) is 13.1 Å². The molecule has 124 valence electrons. The molecule has 0 bridgehead atoms. The fraction of sp³-hybridized carbons (Fsp3) is 0.200. The molecule has 1 aromatic carbocycles. The van der Waals surface area contributed by atoms with Crippen molar-refractivity contribution in [1.29, 1.82) is 0 Å². The summed E-state index contributed by atoms with van der Waals surface area (Å²) in [5.41, 5.74) is 0.753. The Hall–Kier alpha value is -1.96. The number of nitrogens with zero attached hydrogens (tertiary/aromatic N) is 5. The number of halogens is 2. The fourth-order valence-corrected chi connectivity index (χ4v) is 3.39. The molecule has 0 unspecified atom stereocenters. The third-order valence-electron chi connectivity index (χ3n) is 3.26. The van der Waals surface area contributed by atoms with Crippen LogP contribution in [0.15, 0.2) is 36.4 Å². The molecular weight excluding hydrogens is 369 g/mol. The summed E-state index contributed by atoms with van der Waals surface area (Å²) in [6, 6.07) is 10.9. The van der Waals surface area contributed by atoms with Gasteiger partial charge in [0.25, 0.3) is 0 Å². The maximum absolute atomic E-state index is 12.3. The molecule has 0 spiro atoms. The highest BCUT2D eigenvalue weighted by Gasteiger charge is 2.14.